The van der Waals surface area contributed by atoms with Crippen molar-refractivity contribution in [2.24, 2.45) is 5.41 Å². The van der Waals surface area contributed by atoms with Crippen LogP contribution in [-0.4, -0.2) is 27.7 Å². The third kappa shape index (κ3) is 2.31. The van der Waals surface area contributed by atoms with E-state index in [1.165, 1.54) is 0 Å². The second kappa shape index (κ2) is 5.00. The van der Waals surface area contributed by atoms with Crippen molar-refractivity contribution in [2.45, 2.75) is 24.6 Å². The van der Waals surface area contributed by atoms with Gasteiger partial charge in [0.25, 0.3) is 0 Å². The smallest absolute Gasteiger partial charge is 0.315 e. The second-order valence-corrected chi connectivity index (χ2v) is 7.37. The predicted octanol–water partition coefficient (Wildman–Crippen LogP) is 3.79. The van der Waals surface area contributed by atoms with Gasteiger partial charge in [0.2, 0.25) is 5.78 Å². The van der Waals surface area contributed by atoms with Gasteiger partial charge in [0, 0.05) is 28.6 Å². The third-order valence-corrected chi connectivity index (χ3v) is 5.32. The van der Waals surface area contributed by atoms with Crippen LogP contribution in [0.15, 0.2) is 24.3 Å². The molecule has 116 valence electrons. The Morgan fingerprint density at radius 2 is 1.95 bits per heavy atom. The quantitative estimate of drug-likeness (QED) is 0.523. The average molecular weight is 340 g/mol. The van der Waals surface area contributed by atoms with E-state index >= 15 is 0 Å². The highest BCUT2D eigenvalue weighted by molar-refractivity contribution is 6.53. The van der Waals surface area contributed by atoms with Gasteiger partial charge in [0.1, 0.15) is 9.75 Å². The first kappa shape index (κ1) is 15.4. The van der Waals surface area contributed by atoms with Crippen LogP contribution in [0.2, 0.25) is 0 Å². The maximum Gasteiger partial charge on any atom is 0.315 e. The summed E-state index contributed by atoms with van der Waals surface area (Å²) in [4.78, 5) is 27.6. The van der Waals surface area contributed by atoms with E-state index in [0.29, 0.717) is 12.0 Å². The third-order valence-electron chi connectivity index (χ3n) is 4.22. The van der Waals surface area contributed by atoms with Crippen molar-refractivity contribution in [3.05, 3.63) is 35.5 Å². The summed E-state index contributed by atoms with van der Waals surface area (Å²) < 4.78 is 4.03. The van der Waals surface area contributed by atoms with Gasteiger partial charge in [-0.1, -0.05) is 18.2 Å². The van der Waals surface area contributed by atoms with Crippen LogP contribution < -0.4 is 0 Å². The number of ether oxygens (including phenoxy) is 1. The molecule has 3 rings (SSSR count). The Kier molecular flexibility index (Phi) is 3.49. The van der Waals surface area contributed by atoms with Crippen LogP contribution in [0.5, 0.6) is 0 Å². The lowest BCUT2D eigenvalue weighted by Gasteiger charge is -2.11. The number of halogens is 2. The summed E-state index contributed by atoms with van der Waals surface area (Å²) in [5.74, 6) is -0.786. The van der Waals surface area contributed by atoms with E-state index in [4.69, 9.17) is 27.9 Å². The number of aromatic amines is 1. The number of carbonyl (C=O) groups excluding carboxylic acids is 2. The second-order valence-electron chi connectivity index (χ2n) is 5.88. The maximum absolute atomic E-state index is 12.4. The lowest BCUT2D eigenvalue weighted by atomic mass is 10.1. The lowest BCUT2D eigenvalue weighted by Crippen LogP contribution is -2.24. The minimum atomic E-state index is -1.09. The Morgan fingerprint density at radius 1 is 1.32 bits per heavy atom. The zero-order chi connectivity index (χ0) is 16.1. The first-order valence-corrected chi connectivity index (χ1v) is 7.67. The molecule has 0 amide bonds. The Labute approximate surface area is 137 Å². The van der Waals surface area contributed by atoms with E-state index < -0.39 is 15.7 Å². The first-order valence-electron chi connectivity index (χ1n) is 6.92. The number of alkyl halides is 2. The highest BCUT2D eigenvalue weighted by atomic mass is 35.5. The molecule has 0 saturated heterocycles. The number of para-hydroxylation sites is 1. The number of nitrogens with one attached hydrogen (secondary N) is 1. The van der Waals surface area contributed by atoms with Crippen molar-refractivity contribution < 1.29 is 14.3 Å². The van der Waals surface area contributed by atoms with E-state index in [2.05, 4.69) is 4.98 Å². The van der Waals surface area contributed by atoms with Gasteiger partial charge in [-0.3, -0.25) is 9.59 Å². The number of hydrogen-bond acceptors (Lipinski definition) is 3. The molecule has 0 unspecified atom stereocenters. The molecule has 1 atom stereocenters. The molecule has 2 aromatic rings. The Bertz CT molecular complexity index is 781. The molecule has 0 radical (unpaired) electrons. The summed E-state index contributed by atoms with van der Waals surface area (Å²) in [6.07, 6.45) is 0.336. The number of Topliss-reactive ketones (excluding diaryl/α,β-unsaturated/α-hetero) is 1. The summed E-state index contributed by atoms with van der Waals surface area (Å²) in [6, 6.07) is 7.50. The van der Waals surface area contributed by atoms with E-state index in [1.807, 2.05) is 31.2 Å². The fraction of sp³-hybridized carbons (Fsp3) is 0.375. The van der Waals surface area contributed by atoms with E-state index in [1.54, 1.807) is 6.92 Å². The Morgan fingerprint density at radius 3 is 2.59 bits per heavy atom. The van der Waals surface area contributed by atoms with Crippen molar-refractivity contribution >= 4 is 45.9 Å². The Hall–Kier alpha value is -1.52. The molecule has 0 spiro atoms. The van der Waals surface area contributed by atoms with Gasteiger partial charge in [-0.2, -0.15) is 0 Å². The highest BCUT2D eigenvalue weighted by Gasteiger charge is 2.69. The average Bonchev–Trinajstić information content (AvgIpc) is 2.82. The summed E-state index contributed by atoms with van der Waals surface area (Å²) in [7, 11) is 0. The maximum atomic E-state index is 12.4. The number of hydrogen-bond donors (Lipinski definition) is 1. The molecule has 1 aromatic heterocycles. The van der Waals surface area contributed by atoms with Crippen molar-refractivity contribution in [1.82, 2.24) is 4.98 Å². The van der Waals surface area contributed by atoms with Crippen LogP contribution in [0.4, 0.5) is 0 Å². The minimum Gasteiger partial charge on any atom is -0.457 e. The van der Waals surface area contributed by atoms with Gasteiger partial charge in [-0.15, -0.1) is 23.2 Å². The summed E-state index contributed by atoms with van der Waals surface area (Å²) in [6.45, 7) is 3.14. The van der Waals surface area contributed by atoms with Crippen LogP contribution >= 0.6 is 23.2 Å². The number of rotatable bonds is 4. The van der Waals surface area contributed by atoms with Crippen molar-refractivity contribution in [2.75, 3.05) is 6.61 Å². The SMILES string of the molecule is Cc1[nH]c2ccccc2c1C(=O)COC(=O)[C@@]1(C)CC1(Cl)Cl. The van der Waals surface area contributed by atoms with Crippen molar-refractivity contribution in [3.8, 4) is 0 Å². The first-order chi connectivity index (χ1) is 10.3. The fourth-order valence-electron chi connectivity index (χ4n) is 2.62. The number of aromatic nitrogens is 1. The summed E-state index contributed by atoms with van der Waals surface area (Å²) in [5.41, 5.74) is 1.26. The topological polar surface area (TPSA) is 59.2 Å². The number of H-pyrrole nitrogens is 1. The molecular formula is C16H15Cl2NO3. The predicted molar refractivity (Wildman–Crippen MR) is 85.5 cm³/mol. The summed E-state index contributed by atoms with van der Waals surface area (Å²) >= 11 is 11.9. The molecule has 1 fully saturated rings. The number of carbonyl (C=O) groups is 2. The number of esters is 1. The highest BCUT2D eigenvalue weighted by Crippen LogP contribution is 2.64. The zero-order valence-electron chi connectivity index (χ0n) is 12.2. The largest absolute Gasteiger partial charge is 0.457 e. The standard InChI is InChI=1S/C16H15Cl2NO3/c1-9-13(10-5-3-4-6-11(10)19-9)12(20)7-22-14(21)15(2)8-16(15,17)18/h3-6,19H,7-8H2,1-2H3/t15-/m1/s1. The monoisotopic (exact) mass is 339 g/mol. The molecule has 1 saturated carbocycles. The summed E-state index contributed by atoms with van der Waals surface area (Å²) in [5, 5.41) is 0.822. The number of benzene rings is 1. The van der Waals surface area contributed by atoms with Gasteiger partial charge in [0.05, 0.1) is 0 Å². The van der Waals surface area contributed by atoms with Gasteiger partial charge < -0.3 is 9.72 Å². The minimum absolute atomic E-state index is 0.248. The molecule has 1 aromatic carbocycles. The van der Waals surface area contributed by atoms with Gasteiger partial charge in [0.15, 0.2) is 6.61 Å². The van der Waals surface area contributed by atoms with Crippen LogP contribution in [0.1, 0.15) is 29.4 Å². The molecular weight excluding hydrogens is 325 g/mol. The lowest BCUT2D eigenvalue weighted by molar-refractivity contribution is -0.148. The van der Waals surface area contributed by atoms with Gasteiger partial charge >= 0.3 is 5.97 Å². The molecule has 0 aliphatic heterocycles. The molecule has 0 bridgehead atoms. The number of fused-ring (bicyclic) bond motifs is 1. The van der Waals surface area contributed by atoms with Gasteiger partial charge in [-0.25, -0.2) is 0 Å². The van der Waals surface area contributed by atoms with E-state index in [-0.39, 0.29) is 12.4 Å². The van der Waals surface area contributed by atoms with Crippen LogP contribution in [-0.2, 0) is 9.53 Å². The molecule has 1 N–H and O–H groups in total. The van der Waals surface area contributed by atoms with Crippen LogP contribution in [0, 0.1) is 12.3 Å². The van der Waals surface area contributed by atoms with Crippen LogP contribution in [0.25, 0.3) is 10.9 Å². The van der Waals surface area contributed by atoms with E-state index in [0.717, 1.165) is 16.6 Å². The molecule has 6 heteroatoms. The zero-order valence-corrected chi connectivity index (χ0v) is 13.7. The number of ketones is 1. The number of aryl methyl sites for hydroxylation is 1. The Balaban J connectivity index is 1.75. The molecule has 1 aliphatic carbocycles. The normalized spacial score (nSPS) is 22.5. The molecule has 1 aliphatic rings. The van der Waals surface area contributed by atoms with E-state index in [9.17, 15) is 9.59 Å². The van der Waals surface area contributed by atoms with Crippen molar-refractivity contribution in [3.63, 3.8) is 0 Å². The van der Waals surface area contributed by atoms with Crippen molar-refractivity contribution in [1.29, 1.82) is 0 Å². The molecule has 1 heterocycles. The molecule has 4 nitrogen and oxygen atoms in total. The molecule has 22 heavy (non-hydrogen) atoms. The van der Waals surface area contributed by atoms with Gasteiger partial charge in [-0.05, 0) is 19.9 Å². The fourth-order valence-corrected chi connectivity index (χ4v) is 3.31. The van der Waals surface area contributed by atoms with Crippen LogP contribution in [0.3, 0.4) is 0 Å².